The summed E-state index contributed by atoms with van der Waals surface area (Å²) in [5, 5.41) is 3.42. The van der Waals surface area contributed by atoms with E-state index in [1.54, 1.807) is 6.26 Å². The summed E-state index contributed by atoms with van der Waals surface area (Å²) >= 11 is 0. The molecule has 0 saturated carbocycles. The number of halogens is 1. The van der Waals surface area contributed by atoms with Gasteiger partial charge in [-0.05, 0) is 43.2 Å². The molecule has 0 aliphatic carbocycles. The van der Waals surface area contributed by atoms with Gasteiger partial charge < -0.3 is 9.73 Å². The maximum Gasteiger partial charge on any atom is 0.123 e. The lowest BCUT2D eigenvalue weighted by Crippen LogP contribution is -2.25. The Morgan fingerprint density at radius 3 is 2.67 bits per heavy atom. The zero-order chi connectivity index (χ0) is 12.8. The number of benzene rings is 1. The van der Waals surface area contributed by atoms with E-state index in [2.05, 4.69) is 12.2 Å². The van der Waals surface area contributed by atoms with Crippen molar-refractivity contribution in [2.75, 3.05) is 0 Å². The van der Waals surface area contributed by atoms with Crippen LogP contribution in [0.25, 0.3) is 0 Å². The van der Waals surface area contributed by atoms with E-state index in [0.717, 1.165) is 30.7 Å². The molecule has 0 aliphatic rings. The Hall–Kier alpha value is -1.61. The highest BCUT2D eigenvalue weighted by Crippen LogP contribution is 2.07. The van der Waals surface area contributed by atoms with E-state index in [0.29, 0.717) is 6.04 Å². The first-order valence-corrected chi connectivity index (χ1v) is 6.24. The zero-order valence-corrected chi connectivity index (χ0v) is 10.5. The summed E-state index contributed by atoms with van der Waals surface area (Å²) in [6, 6.07) is 10.9. The summed E-state index contributed by atoms with van der Waals surface area (Å²) in [5.74, 6) is 0.829. The quantitative estimate of drug-likeness (QED) is 0.844. The van der Waals surface area contributed by atoms with Crippen LogP contribution in [0.15, 0.2) is 47.1 Å². The second-order valence-electron chi connectivity index (χ2n) is 4.53. The van der Waals surface area contributed by atoms with Crippen LogP contribution < -0.4 is 5.32 Å². The summed E-state index contributed by atoms with van der Waals surface area (Å²) in [4.78, 5) is 0. The fourth-order valence-electron chi connectivity index (χ4n) is 1.81. The first-order valence-electron chi connectivity index (χ1n) is 6.24. The smallest absolute Gasteiger partial charge is 0.123 e. The molecule has 96 valence electrons. The Kier molecular flexibility index (Phi) is 4.53. The molecule has 1 N–H and O–H groups in total. The van der Waals surface area contributed by atoms with Gasteiger partial charge in [-0.15, -0.1) is 0 Å². The predicted octanol–water partition coefficient (Wildman–Crippen LogP) is 3.53. The molecule has 0 saturated heterocycles. The van der Waals surface area contributed by atoms with Crippen molar-refractivity contribution in [3.8, 4) is 0 Å². The second-order valence-corrected chi connectivity index (χ2v) is 4.53. The summed E-state index contributed by atoms with van der Waals surface area (Å²) < 4.78 is 18.0. The van der Waals surface area contributed by atoms with Crippen molar-refractivity contribution in [1.29, 1.82) is 0 Å². The Balaban J connectivity index is 1.71. The van der Waals surface area contributed by atoms with Crippen LogP contribution in [0.5, 0.6) is 0 Å². The van der Waals surface area contributed by atoms with Gasteiger partial charge in [-0.3, -0.25) is 0 Å². The van der Waals surface area contributed by atoms with Gasteiger partial charge in [0.25, 0.3) is 0 Å². The van der Waals surface area contributed by atoms with Crippen molar-refractivity contribution in [2.24, 2.45) is 0 Å². The molecule has 1 unspecified atom stereocenters. The van der Waals surface area contributed by atoms with Crippen LogP contribution in [0.3, 0.4) is 0 Å². The Morgan fingerprint density at radius 2 is 2.00 bits per heavy atom. The third-order valence-electron chi connectivity index (χ3n) is 2.97. The van der Waals surface area contributed by atoms with Crippen LogP contribution in [0.4, 0.5) is 4.39 Å². The summed E-state index contributed by atoms with van der Waals surface area (Å²) in [6.07, 6.45) is 3.66. The zero-order valence-electron chi connectivity index (χ0n) is 10.5. The highest BCUT2D eigenvalue weighted by Gasteiger charge is 2.04. The van der Waals surface area contributed by atoms with Gasteiger partial charge in [-0.1, -0.05) is 12.1 Å². The van der Waals surface area contributed by atoms with Gasteiger partial charge in [0.05, 0.1) is 6.26 Å². The molecular formula is C15H18FNO. The molecular weight excluding hydrogens is 229 g/mol. The monoisotopic (exact) mass is 247 g/mol. The molecule has 1 aromatic heterocycles. The van der Waals surface area contributed by atoms with Crippen LogP contribution in [0.2, 0.25) is 0 Å². The summed E-state index contributed by atoms with van der Waals surface area (Å²) in [5.41, 5.74) is 1.10. The number of furan rings is 1. The fourth-order valence-corrected chi connectivity index (χ4v) is 1.81. The van der Waals surface area contributed by atoms with Crippen molar-refractivity contribution < 1.29 is 8.81 Å². The SMILES string of the molecule is CC(CCc1ccco1)NCc1ccc(F)cc1. The summed E-state index contributed by atoms with van der Waals surface area (Å²) in [7, 11) is 0. The first-order chi connectivity index (χ1) is 8.74. The molecule has 0 amide bonds. The van der Waals surface area contributed by atoms with E-state index in [9.17, 15) is 4.39 Å². The first kappa shape index (κ1) is 12.8. The number of rotatable bonds is 6. The van der Waals surface area contributed by atoms with Crippen LogP contribution in [0, 0.1) is 5.82 Å². The molecule has 18 heavy (non-hydrogen) atoms. The van der Waals surface area contributed by atoms with E-state index in [-0.39, 0.29) is 5.82 Å². The van der Waals surface area contributed by atoms with E-state index < -0.39 is 0 Å². The lowest BCUT2D eigenvalue weighted by atomic mass is 10.1. The minimum atomic E-state index is -0.190. The third kappa shape index (κ3) is 4.00. The molecule has 2 aromatic rings. The van der Waals surface area contributed by atoms with Gasteiger partial charge >= 0.3 is 0 Å². The molecule has 2 rings (SSSR count). The minimum Gasteiger partial charge on any atom is -0.469 e. The Labute approximate surface area is 107 Å². The van der Waals surface area contributed by atoms with Gasteiger partial charge in [-0.25, -0.2) is 4.39 Å². The maximum absolute atomic E-state index is 12.7. The van der Waals surface area contributed by atoms with E-state index >= 15 is 0 Å². The molecule has 0 spiro atoms. The van der Waals surface area contributed by atoms with Gasteiger partial charge in [0.1, 0.15) is 11.6 Å². The van der Waals surface area contributed by atoms with Crippen LogP contribution in [-0.2, 0) is 13.0 Å². The van der Waals surface area contributed by atoms with Crippen molar-refractivity contribution >= 4 is 0 Å². The minimum absolute atomic E-state index is 0.190. The highest BCUT2D eigenvalue weighted by atomic mass is 19.1. The molecule has 0 bridgehead atoms. The lowest BCUT2D eigenvalue weighted by Gasteiger charge is -2.13. The average molecular weight is 247 g/mol. The number of hydrogen-bond acceptors (Lipinski definition) is 2. The van der Waals surface area contributed by atoms with E-state index in [1.807, 2.05) is 24.3 Å². The number of aryl methyl sites for hydroxylation is 1. The predicted molar refractivity (Wildman–Crippen MR) is 69.7 cm³/mol. The largest absolute Gasteiger partial charge is 0.469 e. The molecule has 1 heterocycles. The lowest BCUT2D eigenvalue weighted by molar-refractivity contribution is 0.460. The molecule has 0 fully saturated rings. The fraction of sp³-hybridized carbons (Fsp3) is 0.333. The van der Waals surface area contributed by atoms with Crippen LogP contribution in [-0.4, -0.2) is 6.04 Å². The van der Waals surface area contributed by atoms with Crippen molar-refractivity contribution in [3.63, 3.8) is 0 Å². The van der Waals surface area contributed by atoms with Crippen molar-refractivity contribution in [1.82, 2.24) is 5.32 Å². The molecule has 1 aromatic carbocycles. The molecule has 1 atom stereocenters. The van der Waals surface area contributed by atoms with Crippen LogP contribution in [0.1, 0.15) is 24.7 Å². The van der Waals surface area contributed by atoms with Gasteiger partial charge in [0.2, 0.25) is 0 Å². The highest BCUT2D eigenvalue weighted by molar-refractivity contribution is 5.15. The molecule has 3 heteroatoms. The average Bonchev–Trinajstić information content (AvgIpc) is 2.89. The van der Waals surface area contributed by atoms with E-state index in [1.165, 1.54) is 12.1 Å². The normalized spacial score (nSPS) is 12.6. The second kappa shape index (κ2) is 6.36. The van der Waals surface area contributed by atoms with Crippen molar-refractivity contribution in [3.05, 3.63) is 59.8 Å². The summed E-state index contributed by atoms with van der Waals surface area (Å²) in [6.45, 7) is 2.91. The molecule has 0 aliphatic heterocycles. The Bertz CT molecular complexity index is 450. The molecule has 2 nitrogen and oxygen atoms in total. The third-order valence-corrected chi connectivity index (χ3v) is 2.97. The van der Waals surface area contributed by atoms with Crippen molar-refractivity contribution in [2.45, 2.75) is 32.4 Å². The van der Waals surface area contributed by atoms with Gasteiger partial charge in [0.15, 0.2) is 0 Å². The topological polar surface area (TPSA) is 25.2 Å². The van der Waals surface area contributed by atoms with E-state index in [4.69, 9.17) is 4.42 Å². The molecule has 0 radical (unpaired) electrons. The number of nitrogens with one attached hydrogen (secondary N) is 1. The standard InChI is InChI=1S/C15H18FNO/c1-12(4-9-15-3-2-10-18-15)17-11-13-5-7-14(16)8-6-13/h2-3,5-8,10,12,17H,4,9,11H2,1H3. The maximum atomic E-state index is 12.7. The number of hydrogen-bond donors (Lipinski definition) is 1. The van der Waals surface area contributed by atoms with Gasteiger partial charge in [0, 0.05) is 19.0 Å². The van der Waals surface area contributed by atoms with Gasteiger partial charge in [-0.2, -0.15) is 0 Å². The Morgan fingerprint density at radius 1 is 1.22 bits per heavy atom. The van der Waals surface area contributed by atoms with Crippen LogP contribution >= 0.6 is 0 Å².